The zero-order valence-electron chi connectivity index (χ0n) is 6.48. The first-order valence-electron chi connectivity index (χ1n) is 3.48. The van der Waals surface area contributed by atoms with Crippen molar-refractivity contribution in [3.05, 3.63) is 10.4 Å². The van der Waals surface area contributed by atoms with Gasteiger partial charge in [0.15, 0.2) is 0 Å². The summed E-state index contributed by atoms with van der Waals surface area (Å²) >= 11 is 0. The van der Waals surface area contributed by atoms with Crippen LogP contribution < -0.4 is 0 Å². The molecule has 1 aliphatic heterocycles. The molecule has 0 aliphatic carbocycles. The lowest BCUT2D eigenvalue weighted by Gasteiger charge is -2.18. The lowest BCUT2D eigenvalue weighted by molar-refractivity contribution is -0.225. The quantitative estimate of drug-likeness (QED) is 0.228. The minimum absolute atomic E-state index is 0.596. The van der Waals surface area contributed by atoms with Crippen LogP contribution >= 0.6 is 0 Å². The van der Waals surface area contributed by atoms with E-state index < -0.39 is 30.8 Å². The molecule has 1 aliphatic rings. The van der Waals surface area contributed by atoms with Crippen molar-refractivity contribution >= 4 is 0 Å². The third-order valence-corrected chi connectivity index (χ3v) is 1.78. The van der Waals surface area contributed by atoms with Gasteiger partial charge in [-0.3, -0.25) is 0 Å². The van der Waals surface area contributed by atoms with E-state index in [1.807, 2.05) is 0 Å². The maximum Gasteiger partial charge on any atom is 0.276 e. The van der Waals surface area contributed by atoms with E-state index in [0.29, 0.717) is 0 Å². The van der Waals surface area contributed by atoms with Gasteiger partial charge >= 0.3 is 0 Å². The van der Waals surface area contributed by atoms with Crippen molar-refractivity contribution in [3.63, 3.8) is 0 Å². The zero-order chi connectivity index (χ0) is 10.1. The third-order valence-electron chi connectivity index (χ3n) is 1.78. The second kappa shape index (κ2) is 3.46. The molecule has 4 N–H and O–H groups in total. The predicted octanol–water partition coefficient (Wildman–Crippen LogP) is -1.94. The first kappa shape index (κ1) is 10.2. The Labute approximate surface area is 72.6 Å². The molecule has 1 saturated heterocycles. The molecule has 1 heterocycles. The highest BCUT2D eigenvalue weighted by molar-refractivity contribution is 4.93. The Morgan fingerprint density at radius 1 is 1.54 bits per heavy atom. The number of nitrogens with zero attached hydrogens (tertiary/aromatic N) is 3. The monoisotopic (exact) mass is 191 g/mol. The van der Waals surface area contributed by atoms with Gasteiger partial charge < -0.3 is 25.2 Å². The molecular weight excluding hydrogens is 182 g/mol. The van der Waals surface area contributed by atoms with E-state index in [2.05, 4.69) is 14.8 Å². The van der Waals surface area contributed by atoms with Gasteiger partial charge in [-0.2, -0.15) is 0 Å². The Balaban J connectivity index is 2.87. The average Bonchev–Trinajstić information content (AvgIpc) is 2.31. The summed E-state index contributed by atoms with van der Waals surface area (Å²) in [5, 5.41) is 38.9. The SMILES string of the molecule is [N-]=[N+]=NC1(O)O[C@H](CO)[C@@H](O)[C@H]1O. The summed E-state index contributed by atoms with van der Waals surface area (Å²) in [5.41, 5.74) is 8.02. The Hall–Kier alpha value is -0.890. The standard InChI is InChI=1S/C5H9N3O5/c6-8-7-5(12)4(11)3(10)2(1-9)13-5/h2-4,9-12H,1H2/t2-,3-,4-,5?/m1/s1. The highest BCUT2D eigenvalue weighted by Gasteiger charge is 2.52. The summed E-state index contributed by atoms with van der Waals surface area (Å²) in [5.74, 6) is -2.50. The van der Waals surface area contributed by atoms with E-state index >= 15 is 0 Å². The molecule has 8 heteroatoms. The van der Waals surface area contributed by atoms with Gasteiger partial charge in [-0.1, -0.05) is 0 Å². The lowest BCUT2D eigenvalue weighted by Crippen LogP contribution is -2.41. The van der Waals surface area contributed by atoms with Crippen LogP contribution in [0, 0.1) is 0 Å². The Kier molecular flexibility index (Phi) is 2.71. The topological polar surface area (TPSA) is 139 Å². The maximum atomic E-state index is 9.27. The number of aliphatic hydroxyl groups excluding tert-OH is 3. The van der Waals surface area contributed by atoms with Crippen LogP contribution in [0.2, 0.25) is 0 Å². The van der Waals surface area contributed by atoms with Gasteiger partial charge in [0.25, 0.3) is 5.91 Å². The maximum absolute atomic E-state index is 9.27. The molecule has 0 bridgehead atoms. The second-order valence-electron chi connectivity index (χ2n) is 2.62. The Bertz CT molecular complexity index is 242. The molecule has 4 atom stereocenters. The first-order valence-corrected chi connectivity index (χ1v) is 3.48. The van der Waals surface area contributed by atoms with Crippen molar-refractivity contribution in [2.24, 2.45) is 5.11 Å². The summed E-state index contributed by atoms with van der Waals surface area (Å²) in [4.78, 5) is 2.24. The molecule has 0 amide bonds. The van der Waals surface area contributed by atoms with Gasteiger partial charge in [0.1, 0.15) is 18.3 Å². The van der Waals surface area contributed by atoms with Crippen molar-refractivity contribution in [1.29, 1.82) is 0 Å². The number of hydrogen-bond donors (Lipinski definition) is 4. The smallest absolute Gasteiger partial charge is 0.276 e. The van der Waals surface area contributed by atoms with Crippen LogP contribution in [0.15, 0.2) is 5.11 Å². The third kappa shape index (κ3) is 1.59. The molecule has 1 fully saturated rings. The summed E-state index contributed by atoms with van der Waals surface area (Å²) < 4.78 is 4.55. The second-order valence-corrected chi connectivity index (χ2v) is 2.62. The Morgan fingerprint density at radius 3 is 2.54 bits per heavy atom. The van der Waals surface area contributed by atoms with Gasteiger partial charge in [0.05, 0.1) is 6.61 Å². The van der Waals surface area contributed by atoms with Crippen LogP contribution in [0.5, 0.6) is 0 Å². The molecule has 13 heavy (non-hydrogen) atoms. The minimum atomic E-state index is -2.50. The molecular formula is C5H9N3O5. The van der Waals surface area contributed by atoms with Gasteiger partial charge in [-0.15, -0.1) is 0 Å². The van der Waals surface area contributed by atoms with Crippen molar-refractivity contribution in [2.75, 3.05) is 6.61 Å². The summed E-state index contributed by atoms with van der Waals surface area (Å²) in [7, 11) is 0. The van der Waals surface area contributed by atoms with Crippen LogP contribution in [0.25, 0.3) is 10.4 Å². The largest absolute Gasteiger partial charge is 0.394 e. The number of ether oxygens (including phenoxy) is 1. The van der Waals surface area contributed by atoms with Crippen LogP contribution in [-0.2, 0) is 4.74 Å². The van der Waals surface area contributed by atoms with Gasteiger partial charge in [-0.05, 0) is 10.6 Å². The average molecular weight is 191 g/mol. The van der Waals surface area contributed by atoms with E-state index in [1.54, 1.807) is 0 Å². The summed E-state index contributed by atoms with van der Waals surface area (Å²) in [6, 6.07) is 0. The molecule has 0 aromatic rings. The summed E-state index contributed by atoms with van der Waals surface area (Å²) in [6.45, 7) is -0.596. The Morgan fingerprint density at radius 2 is 2.15 bits per heavy atom. The number of azide groups is 1. The highest BCUT2D eigenvalue weighted by Crippen LogP contribution is 2.30. The first-order chi connectivity index (χ1) is 6.05. The fourth-order valence-corrected chi connectivity index (χ4v) is 1.08. The van der Waals surface area contributed by atoms with Gasteiger partial charge in [-0.25, -0.2) is 0 Å². The minimum Gasteiger partial charge on any atom is -0.394 e. The van der Waals surface area contributed by atoms with Crippen molar-refractivity contribution in [1.82, 2.24) is 0 Å². The number of hydrogen-bond acceptors (Lipinski definition) is 6. The molecule has 0 aromatic carbocycles. The summed E-state index contributed by atoms with van der Waals surface area (Å²) in [6.07, 6.45) is -4.41. The highest BCUT2D eigenvalue weighted by atomic mass is 16.7. The fourth-order valence-electron chi connectivity index (χ4n) is 1.08. The molecule has 0 saturated carbocycles. The van der Waals surface area contributed by atoms with Crippen LogP contribution in [0.1, 0.15) is 0 Å². The van der Waals surface area contributed by atoms with Crippen LogP contribution in [0.4, 0.5) is 0 Å². The molecule has 0 radical (unpaired) electrons. The van der Waals surface area contributed by atoms with Gasteiger partial charge in [0, 0.05) is 4.91 Å². The van der Waals surface area contributed by atoms with E-state index in [-0.39, 0.29) is 0 Å². The van der Waals surface area contributed by atoms with E-state index in [1.165, 1.54) is 0 Å². The van der Waals surface area contributed by atoms with Crippen LogP contribution in [-0.4, -0.2) is 51.3 Å². The molecule has 8 nitrogen and oxygen atoms in total. The van der Waals surface area contributed by atoms with Crippen molar-refractivity contribution in [3.8, 4) is 0 Å². The van der Waals surface area contributed by atoms with Crippen molar-refractivity contribution in [2.45, 2.75) is 24.2 Å². The van der Waals surface area contributed by atoms with E-state index in [4.69, 9.17) is 20.9 Å². The van der Waals surface area contributed by atoms with E-state index in [0.717, 1.165) is 0 Å². The van der Waals surface area contributed by atoms with E-state index in [9.17, 15) is 5.11 Å². The molecule has 1 rings (SSSR count). The van der Waals surface area contributed by atoms with Crippen LogP contribution in [0.3, 0.4) is 0 Å². The molecule has 0 aromatic heterocycles. The number of aliphatic hydroxyl groups is 4. The fraction of sp³-hybridized carbons (Fsp3) is 1.00. The lowest BCUT2D eigenvalue weighted by atomic mass is 10.1. The normalized spacial score (nSPS) is 44.5. The van der Waals surface area contributed by atoms with Crippen molar-refractivity contribution < 1.29 is 25.2 Å². The molecule has 0 spiro atoms. The van der Waals surface area contributed by atoms with Gasteiger partial charge in [0.2, 0.25) is 0 Å². The number of rotatable bonds is 2. The molecule has 1 unspecified atom stereocenters. The molecule has 74 valence electrons. The predicted molar refractivity (Wildman–Crippen MR) is 38.1 cm³/mol. The zero-order valence-corrected chi connectivity index (χ0v) is 6.48.